The molecule has 1 aliphatic heterocycles. The smallest absolute Gasteiger partial charge is 0.257 e. The third-order valence-corrected chi connectivity index (χ3v) is 4.56. The number of carbonyl (C=O) groups is 1. The van der Waals surface area contributed by atoms with Gasteiger partial charge in [-0.1, -0.05) is 12.1 Å². The van der Waals surface area contributed by atoms with Crippen LogP contribution in [0.5, 0.6) is 0 Å². The van der Waals surface area contributed by atoms with Gasteiger partial charge >= 0.3 is 0 Å². The average molecular weight is 339 g/mol. The number of rotatable bonds is 3. The summed E-state index contributed by atoms with van der Waals surface area (Å²) in [5.74, 6) is -0.449. The average Bonchev–Trinajstić information content (AvgIpc) is 3.34. The minimum absolute atomic E-state index is 0.0765. The summed E-state index contributed by atoms with van der Waals surface area (Å²) >= 11 is 0. The number of likely N-dealkylation sites (tertiary alicyclic amines) is 1. The Morgan fingerprint density at radius 2 is 2.16 bits per heavy atom. The van der Waals surface area contributed by atoms with Crippen molar-refractivity contribution in [2.24, 2.45) is 0 Å². The zero-order valence-corrected chi connectivity index (χ0v) is 13.6. The van der Waals surface area contributed by atoms with E-state index in [1.165, 1.54) is 16.9 Å². The minimum Gasteiger partial charge on any atom is -0.336 e. The van der Waals surface area contributed by atoms with Gasteiger partial charge in [-0.05, 0) is 25.0 Å². The van der Waals surface area contributed by atoms with Crippen LogP contribution in [0.25, 0.3) is 5.69 Å². The first-order chi connectivity index (χ1) is 12.2. The summed E-state index contributed by atoms with van der Waals surface area (Å²) in [6.07, 6.45) is 10.5. The lowest BCUT2D eigenvalue weighted by Gasteiger charge is -2.33. The first kappa shape index (κ1) is 15.6. The van der Waals surface area contributed by atoms with Crippen molar-refractivity contribution in [3.63, 3.8) is 0 Å². The van der Waals surface area contributed by atoms with E-state index in [1.807, 2.05) is 15.7 Å². The molecule has 1 atom stereocenters. The number of carbonyl (C=O) groups excluding carboxylic acids is 1. The molecule has 3 heterocycles. The summed E-state index contributed by atoms with van der Waals surface area (Å²) in [4.78, 5) is 18.7. The summed E-state index contributed by atoms with van der Waals surface area (Å²) in [5, 5.41) is 4.15. The van der Waals surface area contributed by atoms with Gasteiger partial charge in [-0.2, -0.15) is 5.10 Å². The number of nitrogens with zero attached hydrogens (tertiary/aromatic N) is 5. The lowest BCUT2D eigenvalue weighted by atomic mass is 10.0. The van der Waals surface area contributed by atoms with Gasteiger partial charge in [0.15, 0.2) is 0 Å². The molecule has 1 amide bonds. The molecule has 25 heavy (non-hydrogen) atoms. The Morgan fingerprint density at radius 3 is 2.96 bits per heavy atom. The van der Waals surface area contributed by atoms with Gasteiger partial charge in [0.25, 0.3) is 5.91 Å². The van der Waals surface area contributed by atoms with Crippen LogP contribution in [0.1, 0.15) is 29.2 Å². The van der Waals surface area contributed by atoms with E-state index in [0.717, 1.165) is 19.4 Å². The highest BCUT2D eigenvalue weighted by molar-refractivity contribution is 5.93. The Hall–Kier alpha value is -2.96. The van der Waals surface area contributed by atoms with Crippen LogP contribution in [0.3, 0.4) is 0 Å². The number of hydrogen-bond donors (Lipinski definition) is 0. The normalized spacial score (nSPS) is 17.6. The van der Waals surface area contributed by atoms with Crippen LogP contribution in [-0.4, -0.2) is 43.2 Å². The van der Waals surface area contributed by atoms with Gasteiger partial charge in [-0.25, -0.2) is 14.1 Å². The molecular formula is C18H18FN5O. The predicted molar refractivity (Wildman–Crippen MR) is 89.9 cm³/mol. The number of piperidine rings is 1. The monoisotopic (exact) mass is 339 g/mol. The Balaban J connectivity index is 1.52. The molecule has 0 aliphatic carbocycles. The van der Waals surface area contributed by atoms with Gasteiger partial charge in [-0.3, -0.25) is 4.79 Å². The highest BCUT2D eigenvalue weighted by atomic mass is 19.1. The number of aromatic nitrogens is 4. The van der Waals surface area contributed by atoms with Gasteiger partial charge in [0, 0.05) is 31.7 Å². The molecule has 128 valence electrons. The summed E-state index contributed by atoms with van der Waals surface area (Å²) in [6, 6.07) is 6.60. The summed E-state index contributed by atoms with van der Waals surface area (Å²) in [7, 11) is 0. The third kappa shape index (κ3) is 3.05. The van der Waals surface area contributed by atoms with E-state index >= 15 is 0 Å². The van der Waals surface area contributed by atoms with E-state index in [2.05, 4.69) is 10.1 Å². The molecule has 2 aromatic heterocycles. The molecule has 0 saturated carbocycles. The molecule has 0 bridgehead atoms. The number of hydrogen-bond acceptors (Lipinski definition) is 3. The molecule has 0 radical (unpaired) electrons. The Morgan fingerprint density at radius 1 is 1.28 bits per heavy atom. The molecule has 0 N–H and O–H groups in total. The van der Waals surface area contributed by atoms with Crippen LogP contribution in [0.4, 0.5) is 4.39 Å². The zero-order chi connectivity index (χ0) is 17.2. The maximum absolute atomic E-state index is 13.9. The second-order valence-electron chi connectivity index (χ2n) is 6.18. The number of amides is 1. The maximum atomic E-state index is 13.9. The van der Waals surface area contributed by atoms with Gasteiger partial charge in [0.2, 0.25) is 0 Å². The quantitative estimate of drug-likeness (QED) is 0.737. The van der Waals surface area contributed by atoms with E-state index in [0.29, 0.717) is 17.8 Å². The van der Waals surface area contributed by atoms with Gasteiger partial charge in [0.05, 0.1) is 24.1 Å². The fourth-order valence-corrected chi connectivity index (χ4v) is 3.25. The third-order valence-electron chi connectivity index (χ3n) is 4.56. The molecule has 7 heteroatoms. The van der Waals surface area contributed by atoms with Gasteiger partial charge in [0.1, 0.15) is 11.5 Å². The second-order valence-corrected chi connectivity index (χ2v) is 6.18. The summed E-state index contributed by atoms with van der Waals surface area (Å²) in [5.41, 5.74) is 0.797. The van der Waals surface area contributed by atoms with Crippen LogP contribution in [0.15, 0.2) is 55.4 Å². The van der Waals surface area contributed by atoms with E-state index in [9.17, 15) is 9.18 Å². The first-order valence-electron chi connectivity index (χ1n) is 8.28. The Kier molecular flexibility index (Phi) is 4.05. The summed E-state index contributed by atoms with van der Waals surface area (Å²) < 4.78 is 17.3. The van der Waals surface area contributed by atoms with Crippen molar-refractivity contribution in [3.8, 4) is 5.69 Å². The maximum Gasteiger partial charge on any atom is 0.257 e. The van der Waals surface area contributed by atoms with Crippen molar-refractivity contribution in [2.45, 2.75) is 18.9 Å². The topological polar surface area (TPSA) is 56.0 Å². The van der Waals surface area contributed by atoms with E-state index in [-0.39, 0.29) is 17.8 Å². The molecule has 0 spiro atoms. The van der Waals surface area contributed by atoms with Crippen LogP contribution < -0.4 is 0 Å². The van der Waals surface area contributed by atoms with Gasteiger partial charge in [-0.15, -0.1) is 0 Å². The Bertz CT molecular complexity index is 873. The molecular weight excluding hydrogens is 321 g/mol. The van der Waals surface area contributed by atoms with Crippen molar-refractivity contribution >= 4 is 5.91 Å². The van der Waals surface area contributed by atoms with Crippen LogP contribution in [0.2, 0.25) is 0 Å². The van der Waals surface area contributed by atoms with Crippen molar-refractivity contribution in [3.05, 3.63) is 66.8 Å². The lowest BCUT2D eigenvalue weighted by molar-refractivity contribution is 0.0679. The summed E-state index contributed by atoms with van der Waals surface area (Å²) in [6.45, 7) is 1.36. The standard InChI is InChI=1S/C18H18FN5O/c19-16-5-1-2-6-17(16)24-11-14(10-21-24)18(25)22-8-3-4-15(12-22)23-9-7-20-13-23/h1-2,5-7,9-11,13,15H,3-4,8,12H2/t15-/m0/s1. The van der Waals surface area contributed by atoms with Crippen LogP contribution in [0, 0.1) is 5.82 Å². The highest BCUT2D eigenvalue weighted by Crippen LogP contribution is 2.23. The van der Waals surface area contributed by atoms with Crippen molar-refractivity contribution in [1.82, 2.24) is 24.2 Å². The largest absolute Gasteiger partial charge is 0.336 e. The van der Waals surface area contributed by atoms with E-state index < -0.39 is 0 Å². The molecule has 0 unspecified atom stereocenters. The minimum atomic E-state index is -0.372. The fourth-order valence-electron chi connectivity index (χ4n) is 3.25. The first-order valence-corrected chi connectivity index (χ1v) is 8.28. The number of benzene rings is 1. The van der Waals surface area contributed by atoms with Gasteiger partial charge < -0.3 is 9.47 Å². The van der Waals surface area contributed by atoms with Crippen molar-refractivity contribution < 1.29 is 9.18 Å². The Labute approximate surface area is 144 Å². The molecule has 1 saturated heterocycles. The molecule has 1 aromatic carbocycles. The number of halogens is 1. The lowest BCUT2D eigenvalue weighted by Crippen LogP contribution is -2.40. The molecule has 3 aromatic rings. The number of imidazole rings is 1. The highest BCUT2D eigenvalue weighted by Gasteiger charge is 2.26. The second kappa shape index (κ2) is 6.51. The van der Waals surface area contributed by atoms with Crippen LogP contribution >= 0.6 is 0 Å². The zero-order valence-electron chi connectivity index (χ0n) is 13.6. The SMILES string of the molecule is O=C(c1cnn(-c2ccccc2F)c1)N1CCC[C@H](n2ccnc2)C1. The fraction of sp³-hybridized carbons (Fsp3) is 0.278. The van der Waals surface area contributed by atoms with Crippen molar-refractivity contribution in [2.75, 3.05) is 13.1 Å². The van der Waals surface area contributed by atoms with E-state index in [1.54, 1.807) is 36.9 Å². The molecule has 6 nitrogen and oxygen atoms in total. The molecule has 1 aliphatic rings. The van der Waals surface area contributed by atoms with Crippen molar-refractivity contribution in [1.29, 1.82) is 0 Å². The van der Waals surface area contributed by atoms with Crippen LogP contribution in [-0.2, 0) is 0 Å². The molecule has 1 fully saturated rings. The van der Waals surface area contributed by atoms with E-state index in [4.69, 9.17) is 0 Å². The molecule has 4 rings (SSSR count). The predicted octanol–water partition coefficient (Wildman–Crippen LogP) is 2.69. The number of para-hydroxylation sites is 1.